The number of carbonyl (C=O) groups excluding carboxylic acids is 1. The monoisotopic (exact) mass is 279 g/mol. The first kappa shape index (κ1) is 15.0. The summed E-state index contributed by atoms with van der Waals surface area (Å²) in [5, 5.41) is 6.53. The van der Waals surface area contributed by atoms with Crippen molar-refractivity contribution in [2.75, 3.05) is 18.9 Å². The van der Waals surface area contributed by atoms with Crippen molar-refractivity contribution < 1.29 is 9.32 Å². The molecule has 0 atom stereocenters. The van der Waals surface area contributed by atoms with Crippen molar-refractivity contribution in [1.82, 2.24) is 10.1 Å². The fourth-order valence-electron chi connectivity index (χ4n) is 2.79. The Morgan fingerprint density at radius 2 is 2.10 bits per heavy atom. The van der Waals surface area contributed by atoms with Gasteiger partial charge in [-0.15, -0.1) is 0 Å². The molecule has 0 spiro atoms. The van der Waals surface area contributed by atoms with Crippen molar-refractivity contribution in [1.29, 1.82) is 0 Å². The third kappa shape index (κ3) is 4.63. The zero-order chi connectivity index (χ0) is 14.4. The molecule has 5 heteroatoms. The van der Waals surface area contributed by atoms with E-state index in [1.165, 1.54) is 38.5 Å². The number of nitrogens with one attached hydrogen (secondary N) is 1. The summed E-state index contributed by atoms with van der Waals surface area (Å²) in [4.78, 5) is 14.2. The molecule has 0 saturated heterocycles. The minimum atomic E-state index is -0.00114. The van der Waals surface area contributed by atoms with E-state index in [0.717, 1.165) is 6.54 Å². The summed E-state index contributed by atoms with van der Waals surface area (Å²) in [5.74, 6) is 1.21. The second kappa shape index (κ2) is 7.43. The van der Waals surface area contributed by atoms with Gasteiger partial charge >= 0.3 is 0 Å². The maximum atomic E-state index is 11.9. The number of amides is 1. The zero-order valence-corrected chi connectivity index (χ0v) is 12.5. The van der Waals surface area contributed by atoms with Crippen LogP contribution in [0, 0.1) is 6.92 Å². The number of aryl methyl sites for hydroxylation is 1. The maximum absolute atomic E-state index is 11.9. The van der Waals surface area contributed by atoms with Crippen LogP contribution in [0.25, 0.3) is 0 Å². The third-order valence-corrected chi connectivity index (χ3v) is 4.04. The second-order valence-electron chi connectivity index (χ2n) is 5.75. The molecule has 2 rings (SSSR count). The highest BCUT2D eigenvalue weighted by atomic mass is 16.5. The highest BCUT2D eigenvalue weighted by Crippen LogP contribution is 2.21. The second-order valence-corrected chi connectivity index (χ2v) is 5.75. The lowest BCUT2D eigenvalue weighted by Gasteiger charge is -2.26. The first-order valence-electron chi connectivity index (χ1n) is 7.58. The van der Waals surface area contributed by atoms with Crippen molar-refractivity contribution in [3.8, 4) is 0 Å². The normalized spacial score (nSPS) is 17.1. The van der Waals surface area contributed by atoms with Gasteiger partial charge in [-0.25, -0.2) is 0 Å². The molecule has 1 aromatic rings. The van der Waals surface area contributed by atoms with Gasteiger partial charge in [0.25, 0.3) is 0 Å². The molecule has 1 N–H and O–H groups in total. The maximum Gasteiger partial charge on any atom is 0.226 e. The SMILES string of the molecule is Cc1cc(NC(=O)CCN(C)C2CCCCCC2)no1. The van der Waals surface area contributed by atoms with Crippen LogP contribution in [0.5, 0.6) is 0 Å². The molecule has 1 aliphatic carbocycles. The minimum Gasteiger partial charge on any atom is -0.360 e. The number of hydrogen-bond acceptors (Lipinski definition) is 4. The average molecular weight is 279 g/mol. The minimum absolute atomic E-state index is 0.00114. The molecule has 0 unspecified atom stereocenters. The number of carbonyl (C=O) groups is 1. The van der Waals surface area contributed by atoms with E-state index in [4.69, 9.17) is 4.52 Å². The highest BCUT2D eigenvalue weighted by Gasteiger charge is 2.17. The van der Waals surface area contributed by atoms with E-state index in [-0.39, 0.29) is 5.91 Å². The lowest BCUT2D eigenvalue weighted by Crippen LogP contribution is -2.33. The molecule has 1 fully saturated rings. The molecule has 112 valence electrons. The molecule has 0 aromatic carbocycles. The zero-order valence-electron chi connectivity index (χ0n) is 12.5. The van der Waals surface area contributed by atoms with Crippen LogP contribution in [-0.2, 0) is 4.79 Å². The van der Waals surface area contributed by atoms with Gasteiger partial charge in [-0.1, -0.05) is 30.8 Å². The van der Waals surface area contributed by atoms with E-state index in [9.17, 15) is 4.79 Å². The molecule has 5 nitrogen and oxygen atoms in total. The average Bonchev–Trinajstić information content (AvgIpc) is 2.69. The quantitative estimate of drug-likeness (QED) is 0.842. The Bertz CT molecular complexity index is 423. The van der Waals surface area contributed by atoms with Crippen LogP contribution >= 0.6 is 0 Å². The molecule has 0 aliphatic heterocycles. The molecule has 1 aromatic heterocycles. The predicted molar refractivity (Wildman–Crippen MR) is 78.6 cm³/mol. The molecule has 1 heterocycles. The number of aromatic nitrogens is 1. The van der Waals surface area contributed by atoms with Gasteiger partial charge in [0.05, 0.1) is 0 Å². The molecule has 1 saturated carbocycles. The molecule has 20 heavy (non-hydrogen) atoms. The van der Waals surface area contributed by atoms with Crippen LogP contribution in [0.4, 0.5) is 5.82 Å². The van der Waals surface area contributed by atoms with Gasteiger partial charge < -0.3 is 14.7 Å². The standard InChI is InChI=1S/C15H25N3O2/c1-12-11-14(17-20-12)16-15(19)9-10-18(2)13-7-5-3-4-6-8-13/h11,13H,3-10H2,1-2H3,(H,16,17,19). The van der Waals surface area contributed by atoms with Gasteiger partial charge in [0, 0.05) is 25.1 Å². The Hall–Kier alpha value is -1.36. The summed E-state index contributed by atoms with van der Waals surface area (Å²) in [6.45, 7) is 2.61. The third-order valence-electron chi connectivity index (χ3n) is 4.04. The first-order valence-corrected chi connectivity index (χ1v) is 7.58. The van der Waals surface area contributed by atoms with E-state index >= 15 is 0 Å². The van der Waals surface area contributed by atoms with Crippen LogP contribution in [0.15, 0.2) is 10.6 Å². The van der Waals surface area contributed by atoms with E-state index in [1.54, 1.807) is 6.07 Å². The molecule has 1 amide bonds. The fourth-order valence-corrected chi connectivity index (χ4v) is 2.79. The lowest BCUT2D eigenvalue weighted by molar-refractivity contribution is -0.116. The molecular formula is C15H25N3O2. The van der Waals surface area contributed by atoms with Crippen LogP contribution in [0.1, 0.15) is 50.7 Å². The Kier molecular flexibility index (Phi) is 5.59. The summed E-state index contributed by atoms with van der Waals surface area (Å²) < 4.78 is 4.92. The highest BCUT2D eigenvalue weighted by molar-refractivity contribution is 5.89. The van der Waals surface area contributed by atoms with Crippen molar-refractivity contribution in [2.24, 2.45) is 0 Å². The van der Waals surface area contributed by atoms with Crippen LogP contribution in [0.3, 0.4) is 0 Å². The largest absolute Gasteiger partial charge is 0.360 e. The van der Waals surface area contributed by atoms with Crippen molar-refractivity contribution >= 4 is 11.7 Å². The molecule has 0 bridgehead atoms. The van der Waals surface area contributed by atoms with Gasteiger partial charge in [-0.3, -0.25) is 4.79 Å². The van der Waals surface area contributed by atoms with Crippen molar-refractivity contribution in [3.63, 3.8) is 0 Å². The predicted octanol–water partition coefficient (Wildman–Crippen LogP) is 2.97. The molecular weight excluding hydrogens is 254 g/mol. The summed E-state index contributed by atoms with van der Waals surface area (Å²) >= 11 is 0. The van der Waals surface area contributed by atoms with Crippen molar-refractivity contribution in [2.45, 2.75) is 57.9 Å². The first-order chi connectivity index (χ1) is 9.65. The van der Waals surface area contributed by atoms with Gasteiger partial charge in [-0.05, 0) is 26.8 Å². The summed E-state index contributed by atoms with van der Waals surface area (Å²) in [7, 11) is 2.13. The van der Waals surface area contributed by atoms with Crippen LogP contribution in [-0.4, -0.2) is 35.6 Å². The van der Waals surface area contributed by atoms with E-state index in [0.29, 0.717) is 24.0 Å². The van der Waals surface area contributed by atoms with Gasteiger partial charge in [0.2, 0.25) is 5.91 Å². The summed E-state index contributed by atoms with van der Waals surface area (Å²) in [6, 6.07) is 2.37. The Morgan fingerprint density at radius 3 is 2.70 bits per heavy atom. The summed E-state index contributed by atoms with van der Waals surface area (Å²) in [6.07, 6.45) is 8.38. The Morgan fingerprint density at radius 1 is 1.40 bits per heavy atom. The number of hydrogen-bond donors (Lipinski definition) is 1. The molecule has 1 aliphatic rings. The van der Waals surface area contributed by atoms with E-state index in [2.05, 4.69) is 22.4 Å². The van der Waals surface area contributed by atoms with E-state index < -0.39 is 0 Å². The number of anilines is 1. The molecule has 0 radical (unpaired) electrons. The van der Waals surface area contributed by atoms with Gasteiger partial charge in [-0.2, -0.15) is 0 Å². The van der Waals surface area contributed by atoms with Crippen molar-refractivity contribution in [3.05, 3.63) is 11.8 Å². The van der Waals surface area contributed by atoms with E-state index in [1.807, 2.05) is 6.92 Å². The van der Waals surface area contributed by atoms with Crippen LogP contribution in [0.2, 0.25) is 0 Å². The lowest BCUT2D eigenvalue weighted by atomic mass is 10.1. The van der Waals surface area contributed by atoms with Crippen LogP contribution < -0.4 is 5.32 Å². The summed E-state index contributed by atoms with van der Waals surface area (Å²) in [5.41, 5.74) is 0. The fraction of sp³-hybridized carbons (Fsp3) is 0.733. The van der Waals surface area contributed by atoms with Gasteiger partial charge in [0.1, 0.15) is 5.76 Å². The number of nitrogens with zero attached hydrogens (tertiary/aromatic N) is 2. The Labute approximate surface area is 120 Å². The topological polar surface area (TPSA) is 58.4 Å². The number of rotatable bonds is 5. The Balaban J connectivity index is 1.71. The van der Waals surface area contributed by atoms with Gasteiger partial charge in [0.15, 0.2) is 5.82 Å². The smallest absolute Gasteiger partial charge is 0.226 e.